The number of fused-ring (bicyclic) bond motifs is 1. The van der Waals surface area contributed by atoms with Crippen LogP contribution in [0.5, 0.6) is 0 Å². The Morgan fingerprint density at radius 3 is 2.72 bits per heavy atom. The number of carbonyl (C=O) groups excluding carboxylic acids is 2. The van der Waals surface area contributed by atoms with Gasteiger partial charge < -0.3 is 4.74 Å². The van der Waals surface area contributed by atoms with E-state index >= 15 is 0 Å². The molecule has 4 heteroatoms. The summed E-state index contributed by atoms with van der Waals surface area (Å²) in [5.74, 6) is -0.727. The molecule has 2 fully saturated rings. The number of rotatable bonds is 1. The van der Waals surface area contributed by atoms with Crippen molar-refractivity contribution in [1.82, 2.24) is 0 Å². The number of nitriles is 1. The van der Waals surface area contributed by atoms with Gasteiger partial charge in [0.25, 0.3) is 0 Å². The van der Waals surface area contributed by atoms with Crippen molar-refractivity contribution < 1.29 is 14.3 Å². The van der Waals surface area contributed by atoms with Gasteiger partial charge >= 0.3 is 5.97 Å². The molecule has 2 aliphatic rings. The maximum absolute atomic E-state index is 12.2. The van der Waals surface area contributed by atoms with Crippen molar-refractivity contribution in [2.45, 2.75) is 39.5 Å². The predicted molar refractivity (Wildman–Crippen MR) is 64.3 cm³/mol. The molecule has 0 spiro atoms. The number of Topliss-reactive ketones (excluding diaryl/α,β-unsaturated/α-hetero) is 1. The summed E-state index contributed by atoms with van der Waals surface area (Å²) < 4.78 is 4.91. The normalized spacial score (nSPS) is 43.1. The van der Waals surface area contributed by atoms with Crippen LogP contribution in [0, 0.1) is 34.0 Å². The number of hydrogen-bond acceptors (Lipinski definition) is 4. The van der Waals surface area contributed by atoms with Crippen molar-refractivity contribution in [3.63, 3.8) is 0 Å². The number of carbonyl (C=O) groups is 2. The van der Waals surface area contributed by atoms with Crippen LogP contribution in [-0.2, 0) is 14.3 Å². The molecule has 4 nitrogen and oxygen atoms in total. The van der Waals surface area contributed by atoms with Gasteiger partial charge in [-0.1, -0.05) is 6.92 Å². The molecule has 98 valence electrons. The minimum Gasteiger partial charge on any atom is -0.469 e. The summed E-state index contributed by atoms with van der Waals surface area (Å²) in [5.41, 5.74) is -1.50. The fourth-order valence-electron chi connectivity index (χ4n) is 3.89. The minimum atomic E-state index is -0.851. The molecule has 0 aromatic carbocycles. The van der Waals surface area contributed by atoms with Crippen LogP contribution in [0.1, 0.15) is 39.5 Å². The van der Waals surface area contributed by atoms with E-state index in [4.69, 9.17) is 4.74 Å². The van der Waals surface area contributed by atoms with Crippen molar-refractivity contribution in [2.75, 3.05) is 7.11 Å². The monoisotopic (exact) mass is 249 g/mol. The first-order valence-corrected chi connectivity index (χ1v) is 6.45. The Labute approximate surface area is 107 Å². The van der Waals surface area contributed by atoms with Crippen molar-refractivity contribution in [3.8, 4) is 6.07 Å². The Hall–Kier alpha value is -1.37. The Kier molecular flexibility index (Phi) is 2.96. The molecule has 18 heavy (non-hydrogen) atoms. The average Bonchev–Trinajstić information content (AvgIpc) is 2.72. The Morgan fingerprint density at radius 1 is 1.50 bits per heavy atom. The van der Waals surface area contributed by atoms with Crippen LogP contribution >= 0.6 is 0 Å². The van der Waals surface area contributed by atoms with E-state index in [1.165, 1.54) is 7.11 Å². The third-order valence-electron chi connectivity index (χ3n) is 5.19. The van der Waals surface area contributed by atoms with Gasteiger partial charge in [-0.15, -0.1) is 0 Å². The Balaban J connectivity index is 2.53. The molecule has 0 aromatic rings. The third-order valence-corrected chi connectivity index (χ3v) is 5.19. The lowest BCUT2D eigenvalue weighted by Crippen LogP contribution is -2.53. The summed E-state index contributed by atoms with van der Waals surface area (Å²) in [6.45, 7) is 3.77. The van der Waals surface area contributed by atoms with E-state index in [1.54, 1.807) is 6.92 Å². The molecule has 4 atom stereocenters. The van der Waals surface area contributed by atoms with Gasteiger partial charge in [-0.05, 0) is 32.1 Å². The van der Waals surface area contributed by atoms with E-state index in [2.05, 4.69) is 6.07 Å². The van der Waals surface area contributed by atoms with Crippen LogP contribution in [0.4, 0.5) is 0 Å². The van der Waals surface area contributed by atoms with E-state index in [-0.39, 0.29) is 17.7 Å². The maximum Gasteiger partial charge on any atom is 0.312 e. The maximum atomic E-state index is 12.2. The lowest BCUT2D eigenvalue weighted by atomic mass is 9.53. The molecule has 0 heterocycles. The van der Waals surface area contributed by atoms with Crippen LogP contribution in [0.3, 0.4) is 0 Å². The molecule has 2 aliphatic carbocycles. The summed E-state index contributed by atoms with van der Waals surface area (Å²) in [4.78, 5) is 24.4. The highest BCUT2D eigenvalue weighted by atomic mass is 16.5. The fourth-order valence-corrected chi connectivity index (χ4v) is 3.89. The molecule has 0 saturated heterocycles. The number of ketones is 1. The lowest BCUT2D eigenvalue weighted by Gasteiger charge is -2.47. The number of esters is 1. The zero-order chi connectivity index (χ0) is 13.6. The molecule has 0 radical (unpaired) electrons. The smallest absolute Gasteiger partial charge is 0.312 e. The first-order valence-electron chi connectivity index (χ1n) is 6.45. The molecule has 0 unspecified atom stereocenters. The van der Waals surface area contributed by atoms with Gasteiger partial charge in [-0.3, -0.25) is 9.59 Å². The number of methoxy groups -OCH3 is 1. The molecule has 0 aliphatic heterocycles. The van der Waals surface area contributed by atoms with Gasteiger partial charge in [0, 0.05) is 6.42 Å². The van der Waals surface area contributed by atoms with Gasteiger partial charge in [-0.2, -0.15) is 5.26 Å². The molecule has 2 saturated carbocycles. The lowest BCUT2D eigenvalue weighted by molar-refractivity contribution is -0.168. The molecule has 0 aromatic heterocycles. The highest BCUT2D eigenvalue weighted by Crippen LogP contribution is 2.60. The molecule has 0 N–H and O–H groups in total. The second-order valence-electron chi connectivity index (χ2n) is 5.88. The van der Waals surface area contributed by atoms with Crippen LogP contribution in [-0.4, -0.2) is 18.9 Å². The van der Waals surface area contributed by atoms with Crippen LogP contribution < -0.4 is 0 Å². The molecule has 2 rings (SSSR count). The highest BCUT2D eigenvalue weighted by Gasteiger charge is 2.64. The minimum absolute atomic E-state index is 0.0519. The van der Waals surface area contributed by atoms with E-state index in [1.807, 2.05) is 6.92 Å². The van der Waals surface area contributed by atoms with E-state index < -0.39 is 16.7 Å². The second-order valence-corrected chi connectivity index (χ2v) is 5.88. The van der Waals surface area contributed by atoms with Crippen LogP contribution in [0.15, 0.2) is 0 Å². The van der Waals surface area contributed by atoms with Crippen LogP contribution in [0.2, 0.25) is 0 Å². The summed E-state index contributed by atoms with van der Waals surface area (Å²) in [6, 6.07) is 2.34. The topological polar surface area (TPSA) is 67.2 Å². The Bertz CT molecular complexity index is 439. The second kappa shape index (κ2) is 4.08. The number of nitrogens with zero attached hydrogens (tertiary/aromatic N) is 1. The third kappa shape index (κ3) is 1.43. The molecule has 0 amide bonds. The van der Waals surface area contributed by atoms with Gasteiger partial charge in [-0.25, -0.2) is 0 Å². The standard InChI is InChI=1S/C14H19NO3/c1-9-4-6-14(8-15)7-5-10(16)11(14)13(9,2)12(17)18-3/h9,11H,4-7H2,1-3H3/t9-,11-,13-,14-/m1/s1. The zero-order valence-corrected chi connectivity index (χ0v) is 11.2. The van der Waals surface area contributed by atoms with Gasteiger partial charge in [0.05, 0.1) is 29.9 Å². The van der Waals surface area contributed by atoms with Gasteiger partial charge in [0.1, 0.15) is 5.78 Å². The quantitative estimate of drug-likeness (QED) is 0.667. The van der Waals surface area contributed by atoms with E-state index in [9.17, 15) is 14.9 Å². The summed E-state index contributed by atoms with van der Waals surface area (Å²) in [5, 5.41) is 9.49. The largest absolute Gasteiger partial charge is 0.469 e. The molecular formula is C14H19NO3. The van der Waals surface area contributed by atoms with E-state index in [0.717, 1.165) is 6.42 Å². The average molecular weight is 249 g/mol. The summed E-state index contributed by atoms with van der Waals surface area (Å²) in [6.07, 6.45) is 2.51. The number of ether oxygens (including phenoxy) is 1. The van der Waals surface area contributed by atoms with Gasteiger partial charge in [0.15, 0.2) is 0 Å². The summed E-state index contributed by atoms with van der Waals surface area (Å²) >= 11 is 0. The number of hydrogen-bond donors (Lipinski definition) is 0. The SMILES string of the molecule is COC(=O)[C@]1(C)[C@H](C)CC[C@]2(C#N)CCC(=O)[C@@H]21. The predicted octanol–water partition coefficient (Wildman–Crippen LogP) is 2.08. The Morgan fingerprint density at radius 2 is 2.17 bits per heavy atom. The first kappa shape index (κ1) is 13.1. The molecular weight excluding hydrogens is 230 g/mol. The fraction of sp³-hybridized carbons (Fsp3) is 0.786. The molecule has 0 bridgehead atoms. The highest BCUT2D eigenvalue weighted by molar-refractivity contribution is 5.92. The van der Waals surface area contributed by atoms with Crippen molar-refractivity contribution >= 4 is 11.8 Å². The van der Waals surface area contributed by atoms with E-state index in [0.29, 0.717) is 19.3 Å². The zero-order valence-electron chi connectivity index (χ0n) is 11.2. The summed E-state index contributed by atoms with van der Waals surface area (Å²) in [7, 11) is 1.35. The van der Waals surface area contributed by atoms with Crippen LogP contribution in [0.25, 0.3) is 0 Å². The van der Waals surface area contributed by atoms with Gasteiger partial charge in [0.2, 0.25) is 0 Å². The van der Waals surface area contributed by atoms with Crippen molar-refractivity contribution in [2.24, 2.45) is 22.7 Å². The van der Waals surface area contributed by atoms with Crippen molar-refractivity contribution in [3.05, 3.63) is 0 Å². The van der Waals surface area contributed by atoms with Crippen molar-refractivity contribution in [1.29, 1.82) is 5.26 Å². The first-order chi connectivity index (χ1) is 8.42.